The largest absolute Gasteiger partial charge is 0.497 e. The van der Waals surface area contributed by atoms with E-state index in [1.54, 1.807) is 24.1 Å². The molecular formula is C30H35N3O4. The zero-order valence-corrected chi connectivity index (χ0v) is 22.1. The van der Waals surface area contributed by atoms with Gasteiger partial charge in [-0.05, 0) is 41.3 Å². The van der Waals surface area contributed by atoms with Crippen LogP contribution in [-0.2, 0) is 22.7 Å². The average molecular weight is 502 g/mol. The van der Waals surface area contributed by atoms with E-state index in [4.69, 9.17) is 9.47 Å². The molecule has 0 aromatic heterocycles. The molecule has 0 aliphatic carbocycles. The molecule has 1 N–H and O–H groups in total. The summed E-state index contributed by atoms with van der Waals surface area (Å²) in [5.74, 6) is 0.501. The number of amides is 2. The topological polar surface area (TPSA) is 71.1 Å². The number of rotatable bonds is 8. The van der Waals surface area contributed by atoms with Gasteiger partial charge < -0.3 is 24.6 Å². The molecule has 194 valence electrons. The van der Waals surface area contributed by atoms with E-state index in [0.717, 1.165) is 16.8 Å². The number of nitrogens with zero attached hydrogens (tertiary/aromatic N) is 2. The highest BCUT2D eigenvalue weighted by molar-refractivity contribution is 5.92. The molecule has 0 spiro atoms. The molecule has 2 amide bonds. The lowest BCUT2D eigenvalue weighted by molar-refractivity contribution is -0.147. The molecule has 0 saturated heterocycles. The summed E-state index contributed by atoms with van der Waals surface area (Å²) in [6.07, 6.45) is -0.737. The Labute approximate surface area is 219 Å². The summed E-state index contributed by atoms with van der Waals surface area (Å²) in [7, 11) is 5.55. The van der Waals surface area contributed by atoms with E-state index in [1.165, 1.54) is 0 Å². The summed E-state index contributed by atoms with van der Waals surface area (Å²) in [4.78, 5) is 31.4. The lowest BCUT2D eigenvalue weighted by Crippen LogP contribution is -2.47. The van der Waals surface area contributed by atoms with Crippen molar-refractivity contribution >= 4 is 17.5 Å². The number of benzene rings is 3. The third-order valence-corrected chi connectivity index (χ3v) is 6.58. The SMILES string of the molecule is COc1ccc2c(c1)OC(C(C)C)C(=O)N(Cc1ccc(N(C)C)cc1)C2C(=O)NCc1ccccc1. The van der Waals surface area contributed by atoms with Gasteiger partial charge in [0.25, 0.3) is 5.91 Å². The van der Waals surface area contributed by atoms with E-state index >= 15 is 0 Å². The Balaban J connectivity index is 1.75. The first kappa shape index (κ1) is 26.1. The molecule has 3 aromatic carbocycles. The molecule has 37 heavy (non-hydrogen) atoms. The normalized spacial score (nSPS) is 17.0. The minimum Gasteiger partial charge on any atom is -0.497 e. The van der Waals surface area contributed by atoms with Crippen LogP contribution in [0.2, 0.25) is 0 Å². The maximum atomic E-state index is 14.0. The minimum absolute atomic E-state index is 0.101. The Morgan fingerprint density at radius 1 is 1.03 bits per heavy atom. The van der Waals surface area contributed by atoms with Crippen molar-refractivity contribution in [3.8, 4) is 11.5 Å². The highest BCUT2D eigenvalue weighted by Crippen LogP contribution is 2.39. The molecule has 0 saturated carbocycles. The second kappa shape index (κ2) is 11.4. The predicted molar refractivity (Wildman–Crippen MR) is 145 cm³/mol. The molecule has 7 nitrogen and oxygen atoms in total. The van der Waals surface area contributed by atoms with Crippen LogP contribution in [0.25, 0.3) is 0 Å². The number of hydrogen-bond acceptors (Lipinski definition) is 5. The fourth-order valence-electron chi connectivity index (χ4n) is 4.47. The van der Waals surface area contributed by atoms with Crippen LogP contribution in [0.3, 0.4) is 0 Å². The zero-order valence-electron chi connectivity index (χ0n) is 22.1. The van der Waals surface area contributed by atoms with Gasteiger partial charge in [0, 0.05) is 44.5 Å². The lowest BCUT2D eigenvalue weighted by atomic mass is 10.0. The molecule has 3 aromatic rings. The van der Waals surface area contributed by atoms with Gasteiger partial charge in [-0.25, -0.2) is 0 Å². The third-order valence-electron chi connectivity index (χ3n) is 6.58. The molecule has 1 aliphatic heterocycles. The van der Waals surface area contributed by atoms with Crippen molar-refractivity contribution in [1.29, 1.82) is 0 Å². The highest BCUT2D eigenvalue weighted by Gasteiger charge is 2.42. The standard InChI is InChI=1S/C30H35N3O4/c1-20(2)28-30(35)33(19-22-11-13-23(14-12-22)32(3)4)27(25-16-15-24(36-5)17-26(25)37-28)29(34)31-18-21-9-7-6-8-10-21/h6-17,20,27-28H,18-19H2,1-5H3,(H,31,34). The molecule has 2 atom stereocenters. The third kappa shape index (κ3) is 5.88. The summed E-state index contributed by atoms with van der Waals surface area (Å²) in [6, 6.07) is 22.2. The summed E-state index contributed by atoms with van der Waals surface area (Å²) in [5, 5.41) is 3.04. The molecular weight excluding hydrogens is 466 g/mol. The smallest absolute Gasteiger partial charge is 0.265 e. The first-order valence-electron chi connectivity index (χ1n) is 12.5. The maximum Gasteiger partial charge on any atom is 0.265 e. The van der Waals surface area contributed by atoms with Crippen LogP contribution in [0.15, 0.2) is 72.8 Å². The number of methoxy groups -OCH3 is 1. The quantitative estimate of drug-likeness (QED) is 0.490. The average Bonchev–Trinajstić information content (AvgIpc) is 3.02. The van der Waals surface area contributed by atoms with Gasteiger partial charge in [0.05, 0.1) is 7.11 Å². The number of ether oxygens (including phenoxy) is 2. The minimum atomic E-state index is -0.866. The van der Waals surface area contributed by atoms with Gasteiger partial charge in [-0.15, -0.1) is 0 Å². The van der Waals surface area contributed by atoms with Gasteiger partial charge in [0.1, 0.15) is 17.5 Å². The Bertz CT molecular complexity index is 1230. The van der Waals surface area contributed by atoms with Gasteiger partial charge in [-0.3, -0.25) is 9.59 Å². The number of carbonyl (C=O) groups is 2. The molecule has 7 heteroatoms. The second-order valence-electron chi connectivity index (χ2n) is 9.82. The van der Waals surface area contributed by atoms with E-state index in [1.807, 2.05) is 93.5 Å². The van der Waals surface area contributed by atoms with Crippen LogP contribution in [0.1, 0.15) is 36.6 Å². The van der Waals surface area contributed by atoms with Crippen molar-refractivity contribution in [2.75, 3.05) is 26.1 Å². The molecule has 0 bridgehead atoms. The number of nitrogens with one attached hydrogen (secondary N) is 1. The summed E-state index contributed by atoms with van der Waals surface area (Å²) in [5.41, 5.74) is 3.60. The van der Waals surface area contributed by atoms with Crippen LogP contribution in [0.4, 0.5) is 5.69 Å². The number of anilines is 1. The Hall–Kier alpha value is -4.00. The van der Waals surface area contributed by atoms with Crippen LogP contribution in [-0.4, -0.2) is 44.0 Å². The van der Waals surface area contributed by atoms with Crippen LogP contribution < -0.4 is 19.7 Å². The van der Waals surface area contributed by atoms with Crippen LogP contribution in [0, 0.1) is 5.92 Å². The van der Waals surface area contributed by atoms with E-state index in [2.05, 4.69) is 5.32 Å². The van der Waals surface area contributed by atoms with Crippen molar-refractivity contribution < 1.29 is 19.1 Å². The van der Waals surface area contributed by atoms with Crippen molar-refractivity contribution in [3.63, 3.8) is 0 Å². The lowest BCUT2D eigenvalue weighted by Gasteiger charge is -2.31. The highest BCUT2D eigenvalue weighted by atomic mass is 16.5. The maximum absolute atomic E-state index is 14.0. The summed E-state index contributed by atoms with van der Waals surface area (Å²) >= 11 is 0. The number of carbonyl (C=O) groups excluding carboxylic acids is 2. The van der Waals surface area contributed by atoms with Gasteiger partial charge >= 0.3 is 0 Å². The predicted octanol–water partition coefficient (Wildman–Crippen LogP) is 4.56. The summed E-state index contributed by atoms with van der Waals surface area (Å²) < 4.78 is 11.7. The molecule has 1 heterocycles. The van der Waals surface area contributed by atoms with Crippen molar-refractivity contribution in [3.05, 3.63) is 89.5 Å². The van der Waals surface area contributed by atoms with Gasteiger partial charge in [-0.1, -0.05) is 56.3 Å². The van der Waals surface area contributed by atoms with Gasteiger partial charge in [0.15, 0.2) is 6.10 Å². The first-order valence-corrected chi connectivity index (χ1v) is 12.5. The fourth-order valence-corrected chi connectivity index (χ4v) is 4.47. The molecule has 0 radical (unpaired) electrons. The van der Waals surface area contributed by atoms with Crippen molar-refractivity contribution in [2.24, 2.45) is 5.92 Å². The Morgan fingerprint density at radius 3 is 2.35 bits per heavy atom. The van der Waals surface area contributed by atoms with Gasteiger partial charge in [-0.2, -0.15) is 0 Å². The van der Waals surface area contributed by atoms with Crippen molar-refractivity contribution in [2.45, 2.75) is 39.1 Å². The molecule has 4 rings (SSSR count). The summed E-state index contributed by atoms with van der Waals surface area (Å²) in [6.45, 7) is 4.52. The van der Waals surface area contributed by atoms with Gasteiger partial charge in [0.2, 0.25) is 5.91 Å². The fraction of sp³-hybridized carbons (Fsp3) is 0.333. The second-order valence-corrected chi connectivity index (χ2v) is 9.82. The van der Waals surface area contributed by atoms with Crippen molar-refractivity contribution in [1.82, 2.24) is 10.2 Å². The first-order chi connectivity index (χ1) is 17.8. The molecule has 0 fully saturated rings. The Kier molecular flexibility index (Phi) is 8.01. The number of hydrogen-bond donors (Lipinski definition) is 1. The molecule has 1 aliphatic rings. The monoisotopic (exact) mass is 501 g/mol. The Morgan fingerprint density at radius 2 is 1.73 bits per heavy atom. The zero-order chi connectivity index (χ0) is 26.5. The molecule has 2 unspecified atom stereocenters. The van der Waals surface area contributed by atoms with E-state index in [-0.39, 0.29) is 24.3 Å². The van der Waals surface area contributed by atoms with Crippen LogP contribution in [0.5, 0.6) is 11.5 Å². The van der Waals surface area contributed by atoms with Crippen LogP contribution >= 0.6 is 0 Å². The van der Waals surface area contributed by atoms with E-state index < -0.39 is 12.1 Å². The van der Waals surface area contributed by atoms with E-state index in [0.29, 0.717) is 23.6 Å². The number of fused-ring (bicyclic) bond motifs is 1. The van der Waals surface area contributed by atoms with E-state index in [9.17, 15) is 9.59 Å².